The van der Waals surface area contributed by atoms with Crippen LogP contribution in [0.1, 0.15) is 11.3 Å². The molecule has 1 heterocycles. The first-order chi connectivity index (χ1) is 9.76. The maximum atomic E-state index is 13.1. The average molecular weight is 270 g/mol. The largest absolute Gasteiger partial charge is 0.487 e. The lowest BCUT2D eigenvalue weighted by Crippen LogP contribution is -1.96. The molecule has 2 aromatic carbocycles. The summed E-state index contributed by atoms with van der Waals surface area (Å²) < 4.78 is 18.6. The number of rotatable bonds is 4. The molecule has 0 spiro atoms. The molecular weight excluding hydrogens is 255 g/mol. The van der Waals surface area contributed by atoms with Gasteiger partial charge in [0.1, 0.15) is 18.2 Å². The fourth-order valence-corrected chi connectivity index (χ4v) is 2.25. The third-order valence-electron chi connectivity index (χ3n) is 3.22. The Morgan fingerprint density at radius 3 is 2.75 bits per heavy atom. The second-order valence-electron chi connectivity index (χ2n) is 4.62. The number of aromatic nitrogens is 1. The molecule has 102 valence electrons. The van der Waals surface area contributed by atoms with E-state index in [9.17, 15) is 4.39 Å². The van der Waals surface area contributed by atoms with Gasteiger partial charge in [0.25, 0.3) is 0 Å². The van der Waals surface area contributed by atoms with Crippen LogP contribution < -0.4 is 10.5 Å². The van der Waals surface area contributed by atoms with Gasteiger partial charge in [-0.15, -0.1) is 0 Å². The Hall–Kier alpha value is -2.33. The molecule has 0 atom stereocenters. The number of aromatic amines is 1. The van der Waals surface area contributed by atoms with Crippen LogP contribution in [0.25, 0.3) is 10.9 Å². The molecule has 0 saturated carbocycles. The minimum absolute atomic E-state index is 0.301. The number of benzene rings is 2. The van der Waals surface area contributed by atoms with Crippen LogP contribution in [-0.4, -0.2) is 4.98 Å². The third-order valence-corrected chi connectivity index (χ3v) is 3.22. The van der Waals surface area contributed by atoms with Crippen LogP contribution in [0.3, 0.4) is 0 Å². The minimum Gasteiger partial charge on any atom is -0.487 e. The van der Waals surface area contributed by atoms with Crippen LogP contribution in [0.4, 0.5) is 4.39 Å². The Bertz CT molecular complexity index is 736. The van der Waals surface area contributed by atoms with E-state index in [4.69, 9.17) is 10.5 Å². The third kappa shape index (κ3) is 2.51. The molecule has 0 amide bonds. The summed E-state index contributed by atoms with van der Waals surface area (Å²) in [5.74, 6) is 0.215. The molecule has 0 aliphatic carbocycles. The number of hydrogen-bond acceptors (Lipinski definition) is 2. The predicted octanol–water partition coefficient (Wildman–Crippen LogP) is 3.34. The summed E-state index contributed by atoms with van der Waals surface area (Å²) in [4.78, 5) is 3.28. The van der Waals surface area contributed by atoms with E-state index in [1.54, 1.807) is 12.1 Å². The van der Waals surface area contributed by atoms with Gasteiger partial charge in [-0.05, 0) is 29.8 Å². The highest BCUT2D eigenvalue weighted by Crippen LogP contribution is 2.21. The van der Waals surface area contributed by atoms with Crippen molar-refractivity contribution in [3.8, 4) is 5.75 Å². The van der Waals surface area contributed by atoms with Gasteiger partial charge in [0.15, 0.2) is 0 Å². The number of H-pyrrole nitrogens is 1. The molecule has 4 heteroatoms. The van der Waals surface area contributed by atoms with E-state index in [0.717, 1.165) is 22.2 Å². The summed E-state index contributed by atoms with van der Waals surface area (Å²) in [6, 6.07) is 14.1. The Labute approximate surface area is 116 Å². The van der Waals surface area contributed by atoms with Crippen molar-refractivity contribution >= 4 is 10.9 Å². The van der Waals surface area contributed by atoms with E-state index in [-0.39, 0.29) is 5.82 Å². The van der Waals surface area contributed by atoms with Gasteiger partial charge in [-0.1, -0.05) is 18.2 Å². The summed E-state index contributed by atoms with van der Waals surface area (Å²) in [6.45, 7) is 0.863. The molecule has 3 rings (SSSR count). The quantitative estimate of drug-likeness (QED) is 0.764. The molecule has 0 aliphatic rings. The molecule has 3 N–H and O–H groups in total. The smallest absolute Gasteiger partial charge is 0.128 e. The molecule has 3 nitrogen and oxygen atoms in total. The first-order valence-corrected chi connectivity index (χ1v) is 6.44. The van der Waals surface area contributed by atoms with Crippen LogP contribution in [0, 0.1) is 5.82 Å². The molecule has 0 saturated heterocycles. The van der Waals surface area contributed by atoms with Crippen molar-refractivity contribution < 1.29 is 9.13 Å². The zero-order valence-electron chi connectivity index (χ0n) is 10.9. The molecule has 20 heavy (non-hydrogen) atoms. The summed E-state index contributed by atoms with van der Waals surface area (Å²) in [5, 5.41) is 1.10. The molecule has 0 bridgehead atoms. The minimum atomic E-state index is -0.301. The van der Waals surface area contributed by atoms with Crippen LogP contribution in [0.5, 0.6) is 5.75 Å². The number of hydrogen-bond donors (Lipinski definition) is 2. The summed E-state index contributed by atoms with van der Waals surface area (Å²) >= 11 is 0. The number of ether oxygens (including phenoxy) is 1. The monoisotopic (exact) mass is 270 g/mol. The molecule has 0 fully saturated rings. The van der Waals surface area contributed by atoms with Gasteiger partial charge in [0.2, 0.25) is 0 Å². The topological polar surface area (TPSA) is 51.0 Å². The first-order valence-electron chi connectivity index (χ1n) is 6.44. The van der Waals surface area contributed by atoms with Gasteiger partial charge in [0, 0.05) is 23.5 Å². The van der Waals surface area contributed by atoms with Crippen LogP contribution in [0.2, 0.25) is 0 Å². The summed E-state index contributed by atoms with van der Waals surface area (Å²) in [5.41, 5.74) is 8.78. The highest BCUT2D eigenvalue weighted by molar-refractivity contribution is 5.83. The van der Waals surface area contributed by atoms with E-state index >= 15 is 0 Å². The number of nitrogens with one attached hydrogen (secondary N) is 1. The van der Waals surface area contributed by atoms with Crippen molar-refractivity contribution in [3.63, 3.8) is 0 Å². The standard InChI is InChI=1S/C16H15FN2O/c17-12-4-2-5-14(7-12)20-10-13-8-15-11(9-18)3-1-6-16(15)19-13/h1-8,19H,9-10,18H2. The second-order valence-corrected chi connectivity index (χ2v) is 4.62. The summed E-state index contributed by atoms with van der Waals surface area (Å²) in [7, 11) is 0. The van der Waals surface area contributed by atoms with E-state index in [1.807, 2.05) is 24.3 Å². The molecule has 3 aromatic rings. The van der Waals surface area contributed by atoms with Gasteiger partial charge in [-0.25, -0.2) is 4.39 Å². The zero-order chi connectivity index (χ0) is 13.9. The Morgan fingerprint density at radius 1 is 1.10 bits per heavy atom. The second kappa shape index (κ2) is 5.35. The van der Waals surface area contributed by atoms with Crippen LogP contribution >= 0.6 is 0 Å². The Kier molecular flexibility index (Phi) is 3.39. The van der Waals surface area contributed by atoms with Crippen LogP contribution in [0.15, 0.2) is 48.5 Å². The first kappa shape index (κ1) is 12.7. The lowest BCUT2D eigenvalue weighted by molar-refractivity contribution is 0.301. The van der Waals surface area contributed by atoms with Gasteiger partial charge < -0.3 is 15.5 Å². The van der Waals surface area contributed by atoms with Crippen molar-refractivity contribution in [3.05, 3.63) is 65.6 Å². The average Bonchev–Trinajstić information content (AvgIpc) is 2.88. The highest BCUT2D eigenvalue weighted by Gasteiger charge is 2.05. The maximum Gasteiger partial charge on any atom is 0.128 e. The van der Waals surface area contributed by atoms with Gasteiger partial charge >= 0.3 is 0 Å². The van der Waals surface area contributed by atoms with E-state index in [1.165, 1.54) is 12.1 Å². The van der Waals surface area contributed by atoms with E-state index in [0.29, 0.717) is 18.9 Å². The molecule has 1 aromatic heterocycles. The van der Waals surface area contributed by atoms with Gasteiger partial charge in [-0.3, -0.25) is 0 Å². The van der Waals surface area contributed by atoms with Crippen molar-refractivity contribution in [2.45, 2.75) is 13.2 Å². The highest BCUT2D eigenvalue weighted by atomic mass is 19.1. The normalized spacial score (nSPS) is 10.9. The van der Waals surface area contributed by atoms with Gasteiger partial charge in [-0.2, -0.15) is 0 Å². The number of halogens is 1. The van der Waals surface area contributed by atoms with Crippen molar-refractivity contribution in [2.24, 2.45) is 5.73 Å². The zero-order valence-corrected chi connectivity index (χ0v) is 10.9. The molecule has 0 radical (unpaired) electrons. The SMILES string of the molecule is NCc1cccc2[nH]c(COc3cccc(F)c3)cc12. The fraction of sp³-hybridized carbons (Fsp3) is 0.125. The molecular formula is C16H15FN2O. The lowest BCUT2D eigenvalue weighted by Gasteiger charge is -2.04. The van der Waals surface area contributed by atoms with Crippen molar-refractivity contribution in [1.29, 1.82) is 0 Å². The van der Waals surface area contributed by atoms with E-state index in [2.05, 4.69) is 4.98 Å². The summed E-state index contributed by atoms with van der Waals surface area (Å²) in [6.07, 6.45) is 0. The lowest BCUT2D eigenvalue weighted by atomic mass is 10.1. The van der Waals surface area contributed by atoms with Gasteiger partial charge in [0.05, 0.1) is 5.69 Å². The Morgan fingerprint density at radius 2 is 1.95 bits per heavy atom. The fourth-order valence-electron chi connectivity index (χ4n) is 2.25. The van der Waals surface area contributed by atoms with E-state index < -0.39 is 0 Å². The molecule has 0 aliphatic heterocycles. The van der Waals surface area contributed by atoms with Crippen molar-refractivity contribution in [2.75, 3.05) is 0 Å². The molecule has 0 unspecified atom stereocenters. The number of fused-ring (bicyclic) bond motifs is 1. The maximum absolute atomic E-state index is 13.1. The predicted molar refractivity (Wildman–Crippen MR) is 76.9 cm³/mol. The number of nitrogens with two attached hydrogens (primary N) is 1. The van der Waals surface area contributed by atoms with Crippen LogP contribution in [-0.2, 0) is 13.2 Å². The van der Waals surface area contributed by atoms with Crippen molar-refractivity contribution in [1.82, 2.24) is 4.98 Å². The Balaban J connectivity index is 1.81.